The molecule has 10 heteroatoms. The Morgan fingerprint density at radius 1 is 1.06 bits per heavy atom. The van der Waals surface area contributed by atoms with Crippen molar-refractivity contribution < 1.29 is 27.4 Å². The van der Waals surface area contributed by atoms with Gasteiger partial charge in [-0.15, -0.1) is 0 Å². The Labute approximate surface area is 209 Å². The highest BCUT2D eigenvalue weighted by atomic mass is 35.5. The standard InChI is InChI=1S/C25H17Cl2F3N2O3/c1-34-22-9-6-15(11-23(22)35-14-16-4-2-3-5-19(16)26)10-17(13-31)24(33)32-21-12-18(25(28,29)30)7-8-20(21)27/h2-12H,14H2,1H3,(H,32,33). The van der Waals surface area contributed by atoms with Gasteiger partial charge in [0.1, 0.15) is 18.2 Å². The second-order valence-corrected chi connectivity index (χ2v) is 7.92. The highest BCUT2D eigenvalue weighted by molar-refractivity contribution is 6.34. The summed E-state index contributed by atoms with van der Waals surface area (Å²) in [7, 11) is 1.46. The van der Waals surface area contributed by atoms with Crippen molar-refractivity contribution in [1.29, 1.82) is 5.26 Å². The highest BCUT2D eigenvalue weighted by Crippen LogP contribution is 2.34. The van der Waals surface area contributed by atoms with E-state index in [-0.39, 0.29) is 22.9 Å². The Kier molecular flexibility index (Phi) is 8.28. The molecule has 1 N–H and O–H groups in total. The molecule has 0 aromatic heterocycles. The molecule has 5 nitrogen and oxygen atoms in total. The number of ether oxygens (including phenoxy) is 2. The van der Waals surface area contributed by atoms with Crippen molar-refractivity contribution in [3.63, 3.8) is 0 Å². The van der Waals surface area contributed by atoms with E-state index in [4.69, 9.17) is 32.7 Å². The number of carbonyl (C=O) groups is 1. The van der Waals surface area contributed by atoms with Gasteiger partial charge in [-0.2, -0.15) is 18.4 Å². The number of hydrogen-bond acceptors (Lipinski definition) is 4. The Balaban J connectivity index is 1.84. The molecule has 0 bridgehead atoms. The first-order chi connectivity index (χ1) is 16.6. The summed E-state index contributed by atoms with van der Waals surface area (Å²) in [5, 5.41) is 12.1. The smallest absolute Gasteiger partial charge is 0.416 e. The Morgan fingerprint density at radius 2 is 1.80 bits per heavy atom. The van der Waals surface area contributed by atoms with E-state index in [1.165, 1.54) is 13.2 Å². The van der Waals surface area contributed by atoms with Crippen molar-refractivity contribution in [2.45, 2.75) is 12.8 Å². The van der Waals surface area contributed by atoms with Gasteiger partial charge in [0.05, 0.1) is 23.4 Å². The number of methoxy groups -OCH3 is 1. The molecule has 0 heterocycles. The minimum Gasteiger partial charge on any atom is -0.493 e. The zero-order chi connectivity index (χ0) is 25.6. The average molecular weight is 521 g/mol. The zero-order valence-corrected chi connectivity index (χ0v) is 19.6. The second kappa shape index (κ2) is 11.2. The molecule has 0 aliphatic carbocycles. The van der Waals surface area contributed by atoms with Gasteiger partial charge in [-0.1, -0.05) is 47.5 Å². The number of rotatable bonds is 7. The van der Waals surface area contributed by atoms with E-state index in [2.05, 4.69) is 5.32 Å². The van der Waals surface area contributed by atoms with E-state index in [9.17, 15) is 23.2 Å². The SMILES string of the molecule is COc1ccc(C=C(C#N)C(=O)Nc2cc(C(F)(F)F)ccc2Cl)cc1OCc1ccccc1Cl. The van der Waals surface area contributed by atoms with Gasteiger partial charge < -0.3 is 14.8 Å². The summed E-state index contributed by atoms with van der Waals surface area (Å²) in [6.07, 6.45) is -3.36. The molecular weight excluding hydrogens is 504 g/mol. The summed E-state index contributed by atoms with van der Waals surface area (Å²) in [5.74, 6) is -0.184. The molecule has 0 aliphatic rings. The molecule has 1 amide bonds. The van der Waals surface area contributed by atoms with E-state index in [0.717, 1.165) is 17.7 Å². The van der Waals surface area contributed by atoms with Crippen molar-refractivity contribution in [3.05, 3.63) is 93.0 Å². The predicted molar refractivity (Wildman–Crippen MR) is 127 cm³/mol. The number of alkyl halides is 3. The summed E-state index contributed by atoms with van der Waals surface area (Å²) >= 11 is 12.1. The number of halogens is 5. The maximum Gasteiger partial charge on any atom is 0.416 e. The first-order valence-electron chi connectivity index (χ1n) is 9.96. The average Bonchev–Trinajstić information content (AvgIpc) is 2.82. The molecule has 180 valence electrons. The third kappa shape index (κ3) is 6.69. The van der Waals surface area contributed by atoms with Crippen LogP contribution in [0.15, 0.2) is 66.2 Å². The van der Waals surface area contributed by atoms with Crippen LogP contribution >= 0.6 is 23.2 Å². The van der Waals surface area contributed by atoms with Gasteiger partial charge in [0.2, 0.25) is 0 Å². The third-order valence-corrected chi connectivity index (χ3v) is 5.44. The molecule has 0 radical (unpaired) electrons. The molecule has 0 fully saturated rings. The van der Waals surface area contributed by atoms with Gasteiger partial charge in [0.15, 0.2) is 11.5 Å². The Bertz CT molecular complexity index is 1320. The maximum atomic E-state index is 13.0. The van der Waals surface area contributed by atoms with Crippen LogP contribution in [0.5, 0.6) is 11.5 Å². The highest BCUT2D eigenvalue weighted by Gasteiger charge is 2.31. The lowest BCUT2D eigenvalue weighted by Gasteiger charge is -2.13. The lowest BCUT2D eigenvalue weighted by atomic mass is 10.1. The zero-order valence-electron chi connectivity index (χ0n) is 18.1. The van der Waals surface area contributed by atoms with Crippen LogP contribution in [-0.4, -0.2) is 13.0 Å². The normalized spacial score (nSPS) is 11.5. The molecule has 3 aromatic carbocycles. The van der Waals surface area contributed by atoms with E-state index in [1.807, 2.05) is 6.07 Å². The second-order valence-electron chi connectivity index (χ2n) is 7.11. The molecule has 3 rings (SSSR count). The van der Waals surface area contributed by atoms with E-state index in [0.29, 0.717) is 28.2 Å². The topological polar surface area (TPSA) is 71.3 Å². The Morgan fingerprint density at radius 3 is 2.46 bits per heavy atom. The Hall–Kier alpha value is -3.67. The van der Waals surface area contributed by atoms with Crippen LogP contribution in [-0.2, 0) is 17.6 Å². The number of anilines is 1. The van der Waals surface area contributed by atoms with Crippen LogP contribution in [0.25, 0.3) is 6.08 Å². The number of amides is 1. The molecule has 35 heavy (non-hydrogen) atoms. The van der Waals surface area contributed by atoms with E-state index >= 15 is 0 Å². The number of benzene rings is 3. The van der Waals surface area contributed by atoms with Gasteiger partial charge >= 0.3 is 6.18 Å². The quantitative estimate of drug-likeness (QED) is 0.265. The maximum absolute atomic E-state index is 13.0. The number of nitrogens with zero attached hydrogens (tertiary/aromatic N) is 1. The number of nitrogens with one attached hydrogen (secondary N) is 1. The lowest BCUT2D eigenvalue weighted by molar-refractivity contribution is -0.137. The minimum absolute atomic E-state index is 0.108. The first kappa shape index (κ1) is 25.9. The van der Waals surface area contributed by atoms with E-state index in [1.54, 1.807) is 42.5 Å². The first-order valence-corrected chi connectivity index (χ1v) is 10.7. The summed E-state index contributed by atoms with van der Waals surface area (Å²) < 4.78 is 50.1. The number of nitriles is 1. The molecule has 0 saturated heterocycles. The fraction of sp³-hybridized carbons (Fsp3) is 0.120. The van der Waals surface area contributed by atoms with Crippen LogP contribution in [0.3, 0.4) is 0 Å². The lowest BCUT2D eigenvalue weighted by Crippen LogP contribution is -2.15. The van der Waals surface area contributed by atoms with Crippen LogP contribution in [0, 0.1) is 11.3 Å². The van der Waals surface area contributed by atoms with Gasteiger partial charge in [0, 0.05) is 10.6 Å². The summed E-state index contributed by atoms with van der Waals surface area (Å²) in [4.78, 5) is 12.6. The van der Waals surface area contributed by atoms with Crippen molar-refractivity contribution in [2.24, 2.45) is 0 Å². The molecule has 0 saturated carbocycles. The monoisotopic (exact) mass is 520 g/mol. The van der Waals surface area contributed by atoms with Gasteiger partial charge in [-0.05, 0) is 48.0 Å². The fourth-order valence-corrected chi connectivity index (χ4v) is 3.32. The predicted octanol–water partition coefficient (Wildman–Crippen LogP) is 7.15. The van der Waals surface area contributed by atoms with Crippen LogP contribution < -0.4 is 14.8 Å². The van der Waals surface area contributed by atoms with Crippen LogP contribution in [0.2, 0.25) is 10.0 Å². The third-order valence-electron chi connectivity index (χ3n) is 4.75. The van der Waals surface area contributed by atoms with Crippen LogP contribution in [0.1, 0.15) is 16.7 Å². The van der Waals surface area contributed by atoms with Crippen LogP contribution in [0.4, 0.5) is 18.9 Å². The molecule has 3 aromatic rings. The molecular formula is C25H17Cl2F3N2O3. The number of carbonyl (C=O) groups excluding carboxylic acids is 1. The largest absolute Gasteiger partial charge is 0.493 e. The van der Waals surface area contributed by atoms with E-state index < -0.39 is 17.6 Å². The molecule has 0 atom stereocenters. The van der Waals surface area contributed by atoms with Gasteiger partial charge in [-0.3, -0.25) is 4.79 Å². The number of hydrogen-bond donors (Lipinski definition) is 1. The van der Waals surface area contributed by atoms with Crippen molar-refractivity contribution in [2.75, 3.05) is 12.4 Å². The minimum atomic E-state index is -4.62. The van der Waals surface area contributed by atoms with Gasteiger partial charge in [-0.25, -0.2) is 0 Å². The molecule has 0 aliphatic heterocycles. The van der Waals surface area contributed by atoms with Gasteiger partial charge in [0.25, 0.3) is 5.91 Å². The summed E-state index contributed by atoms with van der Waals surface area (Å²) in [6, 6.07) is 16.1. The summed E-state index contributed by atoms with van der Waals surface area (Å²) in [5.41, 5.74) is -0.462. The van der Waals surface area contributed by atoms with Crippen molar-refractivity contribution in [3.8, 4) is 17.6 Å². The molecule has 0 unspecified atom stereocenters. The van der Waals surface area contributed by atoms with Crippen molar-refractivity contribution in [1.82, 2.24) is 0 Å². The summed E-state index contributed by atoms with van der Waals surface area (Å²) in [6.45, 7) is 0.142. The molecule has 0 spiro atoms. The fourth-order valence-electron chi connectivity index (χ4n) is 2.97. The van der Waals surface area contributed by atoms with Crippen molar-refractivity contribution >= 4 is 40.9 Å².